The van der Waals surface area contributed by atoms with Gasteiger partial charge in [0.25, 0.3) is 0 Å². The number of nitrogens with two attached hydrogens (primary N) is 2. The Kier molecular flexibility index (Phi) is 5.21. The topological polar surface area (TPSA) is 101 Å². The van der Waals surface area contributed by atoms with Crippen LogP contribution in [0.3, 0.4) is 0 Å². The van der Waals surface area contributed by atoms with Gasteiger partial charge in [-0.1, -0.05) is 6.92 Å². The van der Waals surface area contributed by atoms with Crippen LogP contribution in [-0.2, 0) is 4.79 Å². The third-order valence-electron chi connectivity index (χ3n) is 3.15. The first-order chi connectivity index (χ1) is 8.04. The van der Waals surface area contributed by atoms with Gasteiger partial charge in [-0.15, -0.1) is 0 Å². The molecule has 1 saturated heterocycles. The summed E-state index contributed by atoms with van der Waals surface area (Å²) in [6.07, 6.45) is 2.61. The predicted octanol–water partition coefficient (Wildman–Crippen LogP) is -0.369. The number of primary amides is 1. The Labute approximate surface area is 102 Å². The van der Waals surface area contributed by atoms with E-state index in [2.05, 4.69) is 5.32 Å². The molecule has 6 heteroatoms. The van der Waals surface area contributed by atoms with Crippen molar-refractivity contribution in [1.29, 1.82) is 0 Å². The van der Waals surface area contributed by atoms with E-state index in [-0.39, 0.29) is 11.8 Å². The van der Waals surface area contributed by atoms with Crippen molar-refractivity contribution in [2.75, 3.05) is 19.6 Å². The first kappa shape index (κ1) is 13.8. The van der Waals surface area contributed by atoms with Gasteiger partial charge in [-0.25, -0.2) is 4.79 Å². The quantitative estimate of drug-likeness (QED) is 0.627. The van der Waals surface area contributed by atoms with Crippen molar-refractivity contribution in [3.05, 3.63) is 0 Å². The Bertz CT molecular complexity index is 283. The van der Waals surface area contributed by atoms with Crippen LogP contribution in [0.4, 0.5) is 4.79 Å². The second-order valence-electron chi connectivity index (χ2n) is 4.55. The molecular formula is C11H22N4O2. The zero-order valence-corrected chi connectivity index (χ0v) is 10.3. The minimum atomic E-state index is -0.515. The lowest BCUT2D eigenvalue weighted by molar-refractivity contribution is -0.134. The maximum atomic E-state index is 11.9. The molecule has 1 fully saturated rings. The van der Waals surface area contributed by atoms with Crippen LogP contribution in [0.2, 0.25) is 0 Å². The predicted molar refractivity (Wildman–Crippen MR) is 65.2 cm³/mol. The third kappa shape index (κ3) is 4.22. The summed E-state index contributed by atoms with van der Waals surface area (Å²) in [5.74, 6) is 0.292. The van der Waals surface area contributed by atoms with E-state index in [1.165, 1.54) is 0 Å². The highest BCUT2D eigenvalue weighted by Crippen LogP contribution is 2.16. The first-order valence-electron chi connectivity index (χ1n) is 6.12. The molecule has 0 aliphatic carbocycles. The van der Waals surface area contributed by atoms with E-state index < -0.39 is 12.1 Å². The van der Waals surface area contributed by atoms with Crippen LogP contribution in [0, 0.1) is 5.92 Å². The summed E-state index contributed by atoms with van der Waals surface area (Å²) >= 11 is 0. The number of carbonyl (C=O) groups excluding carboxylic acids is 2. The Morgan fingerprint density at radius 1 is 1.53 bits per heavy atom. The molecule has 1 rings (SSSR count). The van der Waals surface area contributed by atoms with Crippen LogP contribution in [0.15, 0.2) is 0 Å². The van der Waals surface area contributed by atoms with Gasteiger partial charge in [0.1, 0.15) is 0 Å². The highest BCUT2D eigenvalue weighted by molar-refractivity contribution is 5.81. The van der Waals surface area contributed by atoms with Crippen LogP contribution in [0.1, 0.15) is 26.2 Å². The number of carbonyl (C=O) groups is 2. The lowest BCUT2D eigenvalue weighted by atomic mass is 9.97. The van der Waals surface area contributed by atoms with Crippen molar-refractivity contribution < 1.29 is 9.59 Å². The molecule has 0 saturated carbocycles. The van der Waals surface area contributed by atoms with Gasteiger partial charge in [-0.3, -0.25) is 4.79 Å². The SMILES string of the molecule is CC[C@@H](N)C(=O)N1CCCC(CNC(N)=O)C1. The summed E-state index contributed by atoms with van der Waals surface area (Å²) in [6, 6.07) is -0.920. The average molecular weight is 242 g/mol. The van der Waals surface area contributed by atoms with Gasteiger partial charge in [0.2, 0.25) is 5.91 Å². The van der Waals surface area contributed by atoms with Crippen molar-refractivity contribution in [3.8, 4) is 0 Å². The molecule has 1 heterocycles. The van der Waals surface area contributed by atoms with Gasteiger partial charge in [0, 0.05) is 19.6 Å². The number of likely N-dealkylation sites (tertiary alicyclic amines) is 1. The molecule has 0 aromatic carbocycles. The standard InChI is InChI=1S/C11H22N4O2/c1-2-9(12)10(16)15-5-3-4-8(7-15)6-14-11(13)17/h8-9H,2-7,12H2,1H3,(H3,13,14,17)/t8?,9-/m1/s1. The number of piperidine rings is 1. The summed E-state index contributed by atoms with van der Waals surface area (Å²) in [5, 5.41) is 2.59. The van der Waals surface area contributed by atoms with E-state index in [0.717, 1.165) is 19.4 Å². The summed E-state index contributed by atoms with van der Waals surface area (Å²) in [4.78, 5) is 24.3. The van der Waals surface area contributed by atoms with E-state index in [0.29, 0.717) is 19.5 Å². The Morgan fingerprint density at radius 3 is 2.82 bits per heavy atom. The van der Waals surface area contributed by atoms with Crippen LogP contribution < -0.4 is 16.8 Å². The van der Waals surface area contributed by atoms with Crippen molar-refractivity contribution in [2.45, 2.75) is 32.2 Å². The third-order valence-corrected chi connectivity index (χ3v) is 3.15. The van der Waals surface area contributed by atoms with E-state index in [4.69, 9.17) is 11.5 Å². The van der Waals surface area contributed by atoms with Gasteiger partial charge in [-0.2, -0.15) is 0 Å². The minimum absolute atomic E-state index is 0.0104. The zero-order chi connectivity index (χ0) is 12.8. The molecule has 5 N–H and O–H groups in total. The van der Waals surface area contributed by atoms with E-state index in [9.17, 15) is 9.59 Å². The second-order valence-corrected chi connectivity index (χ2v) is 4.55. The fourth-order valence-electron chi connectivity index (χ4n) is 2.09. The average Bonchev–Trinajstić information content (AvgIpc) is 2.34. The Morgan fingerprint density at radius 2 is 2.24 bits per heavy atom. The molecular weight excluding hydrogens is 220 g/mol. The van der Waals surface area contributed by atoms with Crippen LogP contribution >= 0.6 is 0 Å². The Balaban J connectivity index is 2.43. The molecule has 1 unspecified atom stereocenters. The monoisotopic (exact) mass is 242 g/mol. The molecule has 17 heavy (non-hydrogen) atoms. The molecule has 98 valence electrons. The fourth-order valence-corrected chi connectivity index (χ4v) is 2.09. The summed E-state index contributed by atoms with van der Waals surface area (Å²) in [5.41, 5.74) is 10.8. The van der Waals surface area contributed by atoms with Crippen molar-refractivity contribution in [2.24, 2.45) is 17.4 Å². The molecule has 1 aliphatic heterocycles. The van der Waals surface area contributed by atoms with Gasteiger partial charge in [0.15, 0.2) is 0 Å². The molecule has 0 aromatic rings. The zero-order valence-electron chi connectivity index (χ0n) is 10.3. The fraction of sp³-hybridized carbons (Fsp3) is 0.818. The van der Waals surface area contributed by atoms with Crippen molar-refractivity contribution in [3.63, 3.8) is 0 Å². The normalized spacial score (nSPS) is 22.0. The lowest BCUT2D eigenvalue weighted by Crippen LogP contribution is -2.49. The number of rotatable bonds is 4. The number of urea groups is 1. The second kappa shape index (κ2) is 6.44. The number of nitrogens with one attached hydrogen (secondary N) is 1. The number of nitrogens with zero attached hydrogens (tertiary/aromatic N) is 1. The molecule has 3 amide bonds. The van der Waals surface area contributed by atoms with Crippen molar-refractivity contribution >= 4 is 11.9 Å². The molecule has 2 atom stereocenters. The van der Waals surface area contributed by atoms with Gasteiger partial charge in [-0.05, 0) is 25.2 Å². The molecule has 0 radical (unpaired) electrons. The van der Waals surface area contributed by atoms with Gasteiger partial charge < -0.3 is 21.7 Å². The maximum Gasteiger partial charge on any atom is 0.312 e. The summed E-state index contributed by atoms with van der Waals surface area (Å²) < 4.78 is 0. The molecule has 0 bridgehead atoms. The minimum Gasteiger partial charge on any atom is -0.352 e. The van der Waals surface area contributed by atoms with Crippen molar-refractivity contribution in [1.82, 2.24) is 10.2 Å². The van der Waals surface area contributed by atoms with Gasteiger partial charge >= 0.3 is 6.03 Å². The highest BCUT2D eigenvalue weighted by Gasteiger charge is 2.26. The highest BCUT2D eigenvalue weighted by atomic mass is 16.2. The number of hydrogen-bond acceptors (Lipinski definition) is 3. The molecule has 0 spiro atoms. The summed E-state index contributed by atoms with van der Waals surface area (Å²) in [7, 11) is 0. The number of amides is 3. The van der Waals surface area contributed by atoms with E-state index in [1.807, 2.05) is 6.92 Å². The van der Waals surface area contributed by atoms with Crippen LogP contribution in [0.25, 0.3) is 0 Å². The number of hydrogen-bond donors (Lipinski definition) is 3. The molecule has 1 aliphatic rings. The maximum absolute atomic E-state index is 11.9. The van der Waals surface area contributed by atoms with Crippen LogP contribution in [0.5, 0.6) is 0 Å². The Hall–Kier alpha value is -1.30. The van der Waals surface area contributed by atoms with Crippen LogP contribution in [-0.4, -0.2) is 42.5 Å². The smallest absolute Gasteiger partial charge is 0.312 e. The first-order valence-corrected chi connectivity index (χ1v) is 6.12. The molecule has 0 aromatic heterocycles. The molecule has 6 nitrogen and oxygen atoms in total. The summed E-state index contributed by atoms with van der Waals surface area (Å²) in [6.45, 7) is 3.85. The van der Waals surface area contributed by atoms with E-state index >= 15 is 0 Å². The lowest BCUT2D eigenvalue weighted by Gasteiger charge is -2.34. The van der Waals surface area contributed by atoms with E-state index in [1.54, 1.807) is 4.90 Å². The largest absolute Gasteiger partial charge is 0.352 e. The van der Waals surface area contributed by atoms with Gasteiger partial charge in [0.05, 0.1) is 6.04 Å².